The first-order valence-corrected chi connectivity index (χ1v) is 7.57. The number of benzene rings is 1. The fourth-order valence-corrected chi connectivity index (χ4v) is 3.19. The topological polar surface area (TPSA) is 53.6 Å². The lowest BCUT2D eigenvalue weighted by Gasteiger charge is -2.30. The molecule has 0 spiro atoms. The number of hydrogen-bond acceptors (Lipinski definition) is 2. The third kappa shape index (κ3) is 4.40. The second-order valence-electron chi connectivity index (χ2n) is 6.40. The van der Waals surface area contributed by atoms with E-state index in [1.54, 1.807) is 0 Å². The van der Waals surface area contributed by atoms with Crippen LogP contribution in [-0.4, -0.2) is 38.0 Å². The normalized spacial score (nSPS) is 18.0. The minimum Gasteiger partial charge on any atom is -0.370 e. The molecular weight excluding hydrogens is 286 g/mol. The molecule has 1 aliphatic rings. The molecule has 2 rings (SSSR count). The van der Waals surface area contributed by atoms with Gasteiger partial charge in [-0.2, -0.15) is 0 Å². The maximum atomic E-state index is 13.6. The van der Waals surface area contributed by atoms with Gasteiger partial charge >= 0.3 is 0 Å². The van der Waals surface area contributed by atoms with Crippen molar-refractivity contribution in [1.29, 1.82) is 0 Å². The standard InChI is InChI=1S/C16H24F2N4/c1-22(2)11-16(7-3-4-8-16)10-20-15(19)21-14-9-12(17)5-6-13(14)18/h5-6,9H,3-4,7-8,10-11H2,1-2H3,(H3,19,20,21). The third-order valence-corrected chi connectivity index (χ3v) is 4.09. The molecule has 0 aromatic heterocycles. The summed E-state index contributed by atoms with van der Waals surface area (Å²) in [6.45, 7) is 1.55. The third-order valence-electron chi connectivity index (χ3n) is 4.09. The number of halogens is 2. The summed E-state index contributed by atoms with van der Waals surface area (Å²) in [6, 6.07) is 3.21. The minimum absolute atomic E-state index is 0.00864. The molecular formula is C16H24F2N4. The fourth-order valence-electron chi connectivity index (χ4n) is 3.19. The predicted octanol–water partition coefficient (Wildman–Crippen LogP) is 2.81. The zero-order chi connectivity index (χ0) is 16.2. The summed E-state index contributed by atoms with van der Waals surface area (Å²) < 4.78 is 26.7. The van der Waals surface area contributed by atoms with E-state index >= 15 is 0 Å². The van der Waals surface area contributed by atoms with Crippen molar-refractivity contribution in [1.82, 2.24) is 4.90 Å². The van der Waals surface area contributed by atoms with Crippen molar-refractivity contribution in [3.05, 3.63) is 29.8 Å². The summed E-state index contributed by atoms with van der Waals surface area (Å²) in [4.78, 5) is 6.53. The van der Waals surface area contributed by atoms with Gasteiger partial charge in [0.15, 0.2) is 5.96 Å². The number of hydrogen-bond donors (Lipinski definition) is 2. The Hall–Kier alpha value is -1.69. The monoisotopic (exact) mass is 310 g/mol. The summed E-state index contributed by atoms with van der Waals surface area (Å²) in [5.74, 6) is -0.950. The van der Waals surface area contributed by atoms with Gasteiger partial charge in [0.05, 0.1) is 5.69 Å². The van der Waals surface area contributed by atoms with Crippen LogP contribution in [0.3, 0.4) is 0 Å². The van der Waals surface area contributed by atoms with Crippen LogP contribution in [0.4, 0.5) is 14.5 Å². The summed E-state index contributed by atoms with van der Waals surface area (Å²) in [5.41, 5.74) is 5.97. The highest BCUT2D eigenvalue weighted by Crippen LogP contribution is 2.38. The Bertz CT molecular complexity index is 537. The quantitative estimate of drug-likeness (QED) is 0.649. The molecule has 0 unspecified atom stereocenters. The lowest BCUT2D eigenvalue weighted by Crippen LogP contribution is -2.35. The van der Waals surface area contributed by atoms with E-state index in [2.05, 4.69) is 15.2 Å². The van der Waals surface area contributed by atoms with E-state index in [1.807, 2.05) is 14.1 Å². The zero-order valence-corrected chi connectivity index (χ0v) is 13.2. The Morgan fingerprint density at radius 3 is 2.64 bits per heavy atom. The van der Waals surface area contributed by atoms with Gasteiger partial charge in [-0.1, -0.05) is 12.8 Å². The highest BCUT2D eigenvalue weighted by molar-refractivity contribution is 5.92. The van der Waals surface area contributed by atoms with Gasteiger partial charge in [0.2, 0.25) is 0 Å². The van der Waals surface area contributed by atoms with Crippen molar-refractivity contribution in [2.45, 2.75) is 25.7 Å². The van der Waals surface area contributed by atoms with Crippen molar-refractivity contribution in [2.75, 3.05) is 32.5 Å². The van der Waals surface area contributed by atoms with E-state index < -0.39 is 11.6 Å². The lowest BCUT2D eigenvalue weighted by molar-refractivity contribution is 0.210. The van der Waals surface area contributed by atoms with Crippen molar-refractivity contribution in [2.24, 2.45) is 16.1 Å². The number of aliphatic imine (C=N–C) groups is 1. The summed E-state index contributed by atoms with van der Waals surface area (Å²) >= 11 is 0. The molecule has 122 valence electrons. The van der Waals surface area contributed by atoms with Gasteiger partial charge in [-0.25, -0.2) is 8.78 Å². The minimum atomic E-state index is -0.552. The SMILES string of the molecule is CN(C)CC1(CN=C(N)Nc2cc(F)ccc2F)CCCC1. The van der Waals surface area contributed by atoms with E-state index in [0.29, 0.717) is 6.54 Å². The van der Waals surface area contributed by atoms with Gasteiger partial charge in [-0.05, 0) is 39.1 Å². The van der Waals surface area contributed by atoms with Gasteiger partial charge in [-0.15, -0.1) is 0 Å². The maximum Gasteiger partial charge on any atom is 0.193 e. The maximum absolute atomic E-state index is 13.6. The van der Waals surface area contributed by atoms with Gasteiger partial charge in [0, 0.05) is 24.6 Å². The molecule has 3 N–H and O–H groups in total. The Labute approximate surface area is 130 Å². The van der Waals surface area contributed by atoms with Crippen LogP contribution in [0.2, 0.25) is 0 Å². The first-order valence-electron chi connectivity index (χ1n) is 7.57. The average molecular weight is 310 g/mol. The van der Waals surface area contributed by atoms with Crippen LogP contribution in [0.1, 0.15) is 25.7 Å². The highest BCUT2D eigenvalue weighted by atomic mass is 19.1. The van der Waals surface area contributed by atoms with Crippen molar-refractivity contribution >= 4 is 11.6 Å². The van der Waals surface area contributed by atoms with Gasteiger partial charge in [0.25, 0.3) is 0 Å². The van der Waals surface area contributed by atoms with Crippen molar-refractivity contribution in [3.63, 3.8) is 0 Å². The second kappa shape index (κ2) is 7.05. The Morgan fingerprint density at radius 1 is 1.32 bits per heavy atom. The first kappa shape index (κ1) is 16.7. The molecule has 0 atom stereocenters. The molecule has 0 saturated heterocycles. The first-order chi connectivity index (χ1) is 10.4. The molecule has 1 aromatic rings. The molecule has 22 heavy (non-hydrogen) atoms. The fraction of sp³-hybridized carbons (Fsp3) is 0.562. The van der Waals surface area contributed by atoms with E-state index in [4.69, 9.17) is 5.73 Å². The average Bonchev–Trinajstić information content (AvgIpc) is 2.89. The lowest BCUT2D eigenvalue weighted by atomic mass is 9.86. The van der Waals surface area contributed by atoms with Crippen LogP contribution in [0.5, 0.6) is 0 Å². The molecule has 1 aliphatic carbocycles. The van der Waals surface area contributed by atoms with Crippen molar-refractivity contribution < 1.29 is 8.78 Å². The number of nitrogens with one attached hydrogen (secondary N) is 1. The number of guanidine groups is 1. The van der Waals surface area contributed by atoms with Gasteiger partial charge in [-0.3, -0.25) is 4.99 Å². The largest absolute Gasteiger partial charge is 0.370 e. The van der Waals surface area contributed by atoms with Crippen LogP contribution < -0.4 is 11.1 Å². The Kier molecular flexibility index (Phi) is 5.34. The van der Waals surface area contributed by atoms with Gasteiger partial charge < -0.3 is 16.0 Å². The molecule has 0 heterocycles. The van der Waals surface area contributed by atoms with Crippen LogP contribution in [0.25, 0.3) is 0 Å². The zero-order valence-electron chi connectivity index (χ0n) is 13.2. The molecule has 4 nitrogen and oxygen atoms in total. The molecule has 0 bridgehead atoms. The van der Waals surface area contributed by atoms with E-state index in [1.165, 1.54) is 12.8 Å². The van der Waals surface area contributed by atoms with Crippen LogP contribution in [-0.2, 0) is 0 Å². The van der Waals surface area contributed by atoms with Crippen LogP contribution >= 0.6 is 0 Å². The summed E-state index contributed by atoms with van der Waals surface area (Å²) in [5, 5.41) is 2.64. The second-order valence-corrected chi connectivity index (χ2v) is 6.40. The van der Waals surface area contributed by atoms with E-state index in [-0.39, 0.29) is 17.1 Å². The molecule has 0 amide bonds. The molecule has 0 aliphatic heterocycles. The van der Waals surface area contributed by atoms with Gasteiger partial charge in [0.1, 0.15) is 11.6 Å². The Morgan fingerprint density at radius 2 is 2.00 bits per heavy atom. The van der Waals surface area contributed by atoms with Crippen LogP contribution in [0, 0.1) is 17.0 Å². The predicted molar refractivity (Wildman–Crippen MR) is 85.9 cm³/mol. The number of anilines is 1. The highest BCUT2D eigenvalue weighted by Gasteiger charge is 2.34. The van der Waals surface area contributed by atoms with Crippen molar-refractivity contribution in [3.8, 4) is 0 Å². The molecule has 1 aromatic carbocycles. The summed E-state index contributed by atoms with van der Waals surface area (Å²) in [6.07, 6.45) is 4.65. The van der Waals surface area contributed by atoms with Crippen LogP contribution in [0.15, 0.2) is 23.2 Å². The number of rotatable bonds is 5. The summed E-state index contributed by atoms with van der Waals surface area (Å²) in [7, 11) is 4.10. The molecule has 1 saturated carbocycles. The number of nitrogens with two attached hydrogens (primary N) is 1. The van der Waals surface area contributed by atoms with E-state index in [0.717, 1.165) is 37.6 Å². The smallest absolute Gasteiger partial charge is 0.193 e. The molecule has 6 heteroatoms. The number of nitrogens with zero attached hydrogens (tertiary/aromatic N) is 2. The van der Waals surface area contributed by atoms with E-state index in [9.17, 15) is 8.78 Å². The Balaban J connectivity index is 2.03. The molecule has 0 radical (unpaired) electrons. The molecule has 1 fully saturated rings.